The molecule has 1 aromatic rings. The van der Waals surface area contributed by atoms with Crippen molar-refractivity contribution in [1.82, 2.24) is 9.78 Å². The normalized spacial score (nSPS) is 21.3. The number of fused-ring (bicyclic) bond motifs is 1. The summed E-state index contributed by atoms with van der Waals surface area (Å²) in [6.07, 6.45) is 5.52. The molecule has 0 fully saturated rings. The highest BCUT2D eigenvalue weighted by molar-refractivity contribution is 5.22. The van der Waals surface area contributed by atoms with E-state index < -0.39 is 0 Å². The summed E-state index contributed by atoms with van der Waals surface area (Å²) in [5, 5.41) is 4.44. The van der Waals surface area contributed by atoms with Gasteiger partial charge in [-0.2, -0.15) is 5.10 Å². The Balaban J connectivity index is 2.25. The topological polar surface area (TPSA) is 43.8 Å². The van der Waals surface area contributed by atoms with E-state index in [0.717, 1.165) is 19.4 Å². The zero-order chi connectivity index (χ0) is 10.1. The SMILES string of the molecule is CC(C)n1ncc2c1CC[C@H](CN)C2. The monoisotopic (exact) mass is 193 g/mol. The molecule has 0 saturated carbocycles. The predicted molar refractivity (Wildman–Crippen MR) is 57.2 cm³/mol. The van der Waals surface area contributed by atoms with Crippen molar-refractivity contribution in [1.29, 1.82) is 0 Å². The standard InChI is InChI=1S/C11H19N3/c1-8(2)14-11-4-3-9(6-12)5-10(11)7-13-14/h7-9H,3-6,12H2,1-2H3/t9-/m0/s1. The predicted octanol–water partition coefficient (Wildman–Crippen LogP) is 1.53. The number of nitrogens with zero attached hydrogens (tertiary/aromatic N) is 2. The van der Waals surface area contributed by atoms with Crippen molar-refractivity contribution < 1.29 is 0 Å². The average molecular weight is 193 g/mol. The maximum atomic E-state index is 5.70. The summed E-state index contributed by atoms with van der Waals surface area (Å²) in [7, 11) is 0. The summed E-state index contributed by atoms with van der Waals surface area (Å²) < 4.78 is 2.15. The molecule has 1 aromatic heterocycles. The average Bonchev–Trinajstić information content (AvgIpc) is 2.59. The van der Waals surface area contributed by atoms with Crippen LogP contribution in [-0.2, 0) is 12.8 Å². The van der Waals surface area contributed by atoms with Crippen LogP contribution in [0.1, 0.15) is 37.6 Å². The first-order valence-corrected chi connectivity index (χ1v) is 5.47. The lowest BCUT2D eigenvalue weighted by Gasteiger charge is -2.22. The van der Waals surface area contributed by atoms with Crippen molar-refractivity contribution in [3.63, 3.8) is 0 Å². The van der Waals surface area contributed by atoms with Crippen molar-refractivity contribution >= 4 is 0 Å². The third-order valence-electron chi connectivity index (χ3n) is 3.11. The van der Waals surface area contributed by atoms with Crippen LogP contribution >= 0.6 is 0 Å². The molecule has 78 valence electrons. The highest BCUT2D eigenvalue weighted by atomic mass is 15.3. The highest BCUT2D eigenvalue weighted by Crippen LogP contribution is 2.26. The van der Waals surface area contributed by atoms with Gasteiger partial charge in [0.25, 0.3) is 0 Å². The maximum Gasteiger partial charge on any atom is 0.0524 e. The van der Waals surface area contributed by atoms with Gasteiger partial charge >= 0.3 is 0 Å². The number of nitrogens with two attached hydrogens (primary N) is 1. The van der Waals surface area contributed by atoms with E-state index in [1.54, 1.807) is 0 Å². The maximum absolute atomic E-state index is 5.70. The third kappa shape index (κ3) is 1.57. The number of aromatic nitrogens is 2. The molecule has 0 aliphatic heterocycles. The molecule has 2 N–H and O–H groups in total. The van der Waals surface area contributed by atoms with E-state index in [-0.39, 0.29) is 0 Å². The van der Waals surface area contributed by atoms with Gasteiger partial charge in [0.2, 0.25) is 0 Å². The van der Waals surface area contributed by atoms with E-state index in [4.69, 9.17) is 5.73 Å². The molecule has 0 radical (unpaired) electrons. The Bertz CT molecular complexity index is 314. The fourth-order valence-corrected chi connectivity index (χ4v) is 2.27. The van der Waals surface area contributed by atoms with Gasteiger partial charge in [0.15, 0.2) is 0 Å². The number of hydrogen-bond acceptors (Lipinski definition) is 2. The molecule has 0 spiro atoms. The second-order valence-corrected chi connectivity index (χ2v) is 4.50. The number of hydrogen-bond donors (Lipinski definition) is 1. The zero-order valence-electron chi connectivity index (χ0n) is 9.03. The number of rotatable bonds is 2. The van der Waals surface area contributed by atoms with E-state index in [0.29, 0.717) is 12.0 Å². The molecule has 3 heteroatoms. The van der Waals surface area contributed by atoms with E-state index in [1.807, 2.05) is 6.20 Å². The van der Waals surface area contributed by atoms with Gasteiger partial charge < -0.3 is 5.73 Å². The van der Waals surface area contributed by atoms with Gasteiger partial charge in [0.05, 0.1) is 6.20 Å². The summed E-state index contributed by atoms with van der Waals surface area (Å²) in [5.74, 6) is 0.673. The molecule has 2 rings (SSSR count). The minimum Gasteiger partial charge on any atom is -0.330 e. The van der Waals surface area contributed by atoms with E-state index in [2.05, 4.69) is 23.6 Å². The van der Waals surface area contributed by atoms with Crippen LogP contribution in [0.5, 0.6) is 0 Å². The minimum absolute atomic E-state index is 0.480. The molecule has 0 saturated heterocycles. The summed E-state index contributed by atoms with van der Waals surface area (Å²) in [6, 6.07) is 0.480. The fourth-order valence-electron chi connectivity index (χ4n) is 2.27. The minimum atomic E-state index is 0.480. The fraction of sp³-hybridized carbons (Fsp3) is 0.727. The Morgan fingerprint density at radius 1 is 1.64 bits per heavy atom. The van der Waals surface area contributed by atoms with Gasteiger partial charge in [0, 0.05) is 11.7 Å². The summed E-state index contributed by atoms with van der Waals surface area (Å²) in [6.45, 7) is 5.18. The van der Waals surface area contributed by atoms with Gasteiger partial charge in [-0.15, -0.1) is 0 Å². The molecule has 14 heavy (non-hydrogen) atoms. The first-order chi connectivity index (χ1) is 6.72. The Kier molecular flexibility index (Phi) is 2.59. The van der Waals surface area contributed by atoms with E-state index >= 15 is 0 Å². The first kappa shape index (κ1) is 9.71. The van der Waals surface area contributed by atoms with Crippen molar-refractivity contribution in [3.05, 3.63) is 17.5 Å². The molecule has 3 nitrogen and oxygen atoms in total. The molecule has 1 atom stereocenters. The van der Waals surface area contributed by atoms with E-state index in [1.165, 1.54) is 17.7 Å². The zero-order valence-corrected chi connectivity index (χ0v) is 9.03. The van der Waals surface area contributed by atoms with Gasteiger partial charge in [-0.25, -0.2) is 0 Å². The lowest BCUT2D eigenvalue weighted by molar-refractivity contribution is 0.436. The van der Waals surface area contributed by atoms with Crippen molar-refractivity contribution in [2.24, 2.45) is 11.7 Å². The van der Waals surface area contributed by atoms with Crippen molar-refractivity contribution in [2.45, 2.75) is 39.2 Å². The second-order valence-electron chi connectivity index (χ2n) is 4.50. The summed E-state index contributed by atoms with van der Waals surface area (Å²) >= 11 is 0. The van der Waals surface area contributed by atoms with Crippen LogP contribution in [-0.4, -0.2) is 16.3 Å². The van der Waals surface area contributed by atoms with Crippen LogP contribution in [0.4, 0.5) is 0 Å². The van der Waals surface area contributed by atoms with Gasteiger partial charge in [-0.05, 0) is 51.1 Å². The van der Waals surface area contributed by atoms with Crippen LogP contribution in [0.3, 0.4) is 0 Å². The third-order valence-corrected chi connectivity index (χ3v) is 3.11. The second kappa shape index (κ2) is 3.73. The molecule has 0 bridgehead atoms. The largest absolute Gasteiger partial charge is 0.330 e. The summed E-state index contributed by atoms with van der Waals surface area (Å²) in [5.41, 5.74) is 8.55. The van der Waals surface area contributed by atoms with Crippen molar-refractivity contribution in [2.75, 3.05) is 6.54 Å². The molecular formula is C11H19N3. The van der Waals surface area contributed by atoms with Crippen LogP contribution in [0, 0.1) is 5.92 Å². The molecule has 0 amide bonds. The van der Waals surface area contributed by atoms with Crippen LogP contribution < -0.4 is 5.73 Å². The van der Waals surface area contributed by atoms with E-state index in [9.17, 15) is 0 Å². The van der Waals surface area contributed by atoms with Crippen LogP contribution in [0.25, 0.3) is 0 Å². The smallest absolute Gasteiger partial charge is 0.0524 e. The molecule has 0 aromatic carbocycles. The first-order valence-electron chi connectivity index (χ1n) is 5.47. The van der Waals surface area contributed by atoms with Gasteiger partial charge in [-0.1, -0.05) is 0 Å². The van der Waals surface area contributed by atoms with Crippen LogP contribution in [0.2, 0.25) is 0 Å². The quantitative estimate of drug-likeness (QED) is 0.774. The highest BCUT2D eigenvalue weighted by Gasteiger charge is 2.21. The Morgan fingerprint density at radius 2 is 2.43 bits per heavy atom. The van der Waals surface area contributed by atoms with Crippen LogP contribution in [0.15, 0.2) is 6.20 Å². The summed E-state index contributed by atoms with van der Waals surface area (Å²) in [4.78, 5) is 0. The molecule has 0 unspecified atom stereocenters. The Hall–Kier alpha value is -0.830. The molecular weight excluding hydrogens is 174 g/mol. The lowest BCUT2D eigenvalue weighted by Crippen LogP contribution is -2.23. The van der Waals surface area contributed by atoms with Crippen molar-refractivity contribution in [3.8, 4) is 0 Å². The molecule has 1 heterocycles. The Morgan fingerprint density at radius 3 is 3.07 bits per heavy atom. The lowest BCUT2D eigenvalue weighted by atomic mass is 9.88. The molecule has 1 aliphatic carbocycles. The Labute approximate surface area is 85.3 Å². The van der Waals surface area contributed by atoms with Gasteiger partial charge in [-0.3, -0.25) is 4.68 Å². The van der Waals surface area contributed by atoms with Gasteiger partial charge in [0.1, 0.15) is 0 Å². The molecule has 1 aliphatic rings.